The second-order valence-corrected chi connectivity index (χ2v) is 6.58. The summed E-state index contributed by atoms with van der Waals surface area (Å²) < 4.78 is 0. The quantitative estimate of drug-likeness (QED) is 0.809. The number of rotatable bonds is 3. The van der Waals surface area contributed by atoms with Gasteiger partial charge in [-0.15, -0.1) is 10.2 Å². The molecule has 0 N–H and O–H groups in total. The Labute approximate surface area is 136 Å². The maximum atomic E-state index is 12.4. The summed E-state index contributed by atoms with van der Waals surface area (Å²) in [5, 5.41) is 9.96. The van der Waals surface area contributed by atoms with Gasteiger partial charge in [-0.1, -0.05) is 17.4 Å². The van der Waals surface area contributed by atoms with Crippen LogP contribution in [0.1, 0.15) is 17.6 Å². The van der Waals surface area contributed by atoms with Gasteiger partial charge in [-0.2, -0.15) is 4.99 Å². The number of thioether (sulfide) groups is 1. The summed E-state index contributed by atoms with van der Waals surface area (Å²) in [4.78, 5) is 23.4. The summed E-state index contributed by atoms with van der Waals surface area (Å²) in [5.41, 5.74) is 0.752. The number of pyridine rings is 1. The Morgan fingerprint density at radius 2 is 2.23 bits per heavy atom. The molecule has 2 aromatic heterocycles. The zero-order valence-electron chi connectivity index (χ0n) is 12.1. The van der Waals surface area contributed by atoms with Gasteiger partial charge >= 0.3 is 0 Å². The molecule has 2 aromatic rings. The van der Waals surface area contributed by atoms with E-state index in [-0.39, 0.29) is 5.91 Å². The SMILES string of the molecule is CCN1C(=O)/C(=C/c2ccccn2)S/C1=N/c1nnc(C)s1. The number of aliphatic imine (C=N–C) groups is 1. The van der Waals surface area contributed by atoms with Gasteiger partial charge in [0.1, 0.15) is 5.01 Å². The van der Waals surface area contributed by atoms with Gasteiger partial charge in [-0.05, 0) is 43.8 Å². The summed E-state index contributed by atoms with van der Waals surface area (Å²) in [6.45, 7) is 4.35. The third-order valence-electron chi connectivity index (χ3n) is 2.88. The number of amides is 1. The molecule has 3 heterocycles. The highest BCUT2D eigenvalue weighted by atomic mass is 32.2. The maximum absolute atomic E-state index is 12.4. The van der Waals surface area contributed by atoms with Crippen LogP contribution >= 0.6 is 23.1 Å². The van der Waals surface area contributed by atoms with Crippen LogP contribution in [-0.2, 0) is 4.79 Å². The van der Waals surface area contributed by atoms with Gasteiger partial charge in [-0.3, -0.25) is 14.7 Å². The van der Waals surface area contributed by atoms with Crippen LogP contribution in [0.4, 0.5) is 5.13 Å². The van der Waals surface area contributed by atoms with Gasteiger partial charge in [0.15, 0.2) is 5.17 Å². The van der Waals surface area contributed by atoms with Crippen LogP contribution in [0.5, 0.6) is 0 Å². The summed E-state index contributed by atoms with van der Waals surface area (Å²) in [5.74, 6) is -0.0573. The summed E-state index contributed by atoms with van der Waals surface area (Å²) in [7, 11) is 0. The lowest BCUT2D eigenvalue weighted by molar-refractivity contribution is -0.122. The third-order valence-corrected chi connectivity index (χ3v) is 4.62. The zero-order chi connectivity index (χ0) is 15.5. The van der Waals surface area contributed by atoms with Crippen LogP contribution in [-0.4, -0.2) is 37.7 Å². The van der Waals surface area contributed by atoms with Crippen molar-refractivity contribution in [3.05, 3.63) is 40.0 Å². The van der Waals surface area contributed by atoms with Crippen molar-refractivity contribution in [2.24, 2.45) is 4.99 Å². The smallest absolute Gasteiger partial charge is 0.266 e. The zero-order valence-corrected chi connectivity index (χ0v) is 13.7. The van der Waals surface area contributed by atoms with E-state index in [4.69, 9.17) is 0 Å². The minimum atomic E-state index is -0.0573. The largest absolute Gasteiger partial charge is 0.287 e. The molecule has 0 aromatic carbocycles. The number of hydrogen-bond donors (Lipinski definition) is 0. The molecule has 0 bridgehead atoms. The number of likely N-dealkylation sites (N-methyl/N-ethyl adjacent to an activating group) is 1. The molecule has 0 spiro atoms. The lowest BCUT2D eigenvalue weighted by Crippen LogP contribution is -2.28. The highest BCUT2D eigenvalue weighted by Gasteiger charge is 2.32. The van der Waals surface area contributed by atoms with Gasteiger partial charge in [0, 0.05) is 12.7 Å². The summed E-state index contributed by atoms with van der Waals surface area (Å²) in [6, 6.07) is 5.59. The lowest BCUT2D eigenvalue weighted by Gasteiger charge is -2.10. The van der Waals surface area contributed by atoms with Gasteiger partial charge in [-0.25, -0.2) is 0 Å². The third kappa shape index (κ3) is 3.07. The number of hydrogen-bond acceptors (Lipinski definition) is 7. The van der Waals surface area contributed by atoms with E-state index in [1.807, 2.05) is 32.0 Å². The Kier molecular flexibility index (Phi) is 4.30. The lowest BCUT2D eigenvalue weighted by atomic mass is 10.3. The van der Waals surface area contributed by atoms with E-state index in [1.165, 1.54) is 23.1 Å². The maximum Gasteiger partial charge on any atom is 0.266 e. The van der Waals surface area contributed by atoms with Crippen LogP contribution in [0.25, 0.3) is 6.08 Å². The summed E-state index contributed by atoms with van der Waals surface area (Å²) >= 11 is 2.74. The van der Waals surface area contributed by atoms with E-state index in [0.29, 0.717) is 21.7 Å². The average molecular weight is 331 g/mol. The number of aromatic nitrogens is 3. The Hall–Kier alpha value is -2.06. The molecule has 8 heteroatoms. The monoisotopic (exact) mass is 331 g/mol. The van der Waals surface area contributed by atoms with Crippen LogP contribution in [0, 0.1) is 6.92 Å². The molecule has 0 unspecified atom stereocenters. The van der Waals surface area contributed by atoms with E-state index in [1.54, 1.807) is 17.2 Å². The van der Waals surface area contributed by atoms with E-state index >= 15 is 0 Å². The molecule has 1 aliphatic rings. The first-order chi connectivity index (χ1) is 10.7. The Morgan fingerprint density at radius 1 is 1.36 bits per heavy atom. The molecule has 6 nitrogen and oxygen atoms in total. The highest BCUT2D eigenvalue weighted by Crippen LogP contribution is 2.34. The second kappa shape index (κ2) is 6.37. The minimum absolute atomic E-state index is 0.0573. The van der Waals surface area contributed by atoms with Gasteiger partial charge < -0.3 is 0 Å². The molecule has 112 valence electrons. The standard InChI is InChI=1S/C14H13N5OS2/c1-3-19-12(20)11(8-10-6-4-5-7-15-10)22-14(19)16-13-18-17-9(2)21-13/h4-8H,3H2,1-2H3/b11-8-,16-14+. The highest BCUT2D eigenvalue weighted by molar-refractivity contribution is 8.18. The molecular formula is C14H13N5OS2. The van der Waals surface area contributed by atoms with Crippen LogP contribution in [0.3, 0.4) is 0 Å². The molecule has 0 aliphatic carbocycles. The fourth-order valence-corrected chi connectivity index (χ4v) is 3.52. The van der Waals surface area contributed by atoms with Crippen molar-refractivity contribution in [1.82, 2.24) is 20.1 Å². The van der Waals surface area contributed by atoms with E-state index in [2.05, 4.69) is 20.2 Å². The Balaban J connectivity index is 1.92. The van der Waals surface area contributed by atoms with Gasteiger partial charge in [0.25, 0.3) is 5.91 Å². The van der Waals surface area contributed by atoms with E-state index in [0.717, 1.165) is 10.7 Å². The van der Waals surface area contributed by atoms with Crippen molar-refractivity contribution < 1.29 is 4.79 Å². The Bertz CT molecular complexity index is 754. The normalized spacial score (nSPS) is 18.6. The number of carbonyl (C=O) groups is 1. The minimum Gasteiger partial charge on any atom is -0.287 e. The topological polar surface area (TPSA) is 71.3 Å². The molecule has 3 rings (SSSR count). The molecule has 0 saturated carbocycles. The first kappa shape index (κ1) is 14.9. The molecule has 1 amide bonds. The molecule has 0 atom stereocenters. The Morgan fingerprint density at radius 3 is 2.86 bits per heavy atom. The fraction of sp³-hybridized carbons (Fsp3) is 0.214. The molecular weight excluding hydrogens is 318 g/mol. The first-order valence-corrected chi connectivity index (χ1v) is 8.32. The van der Waals surface area contributed by atoms with Gasteiger partial charge in [0.05, 0.1) is 10.6 Å². The van der Waals surface area contributed by atoms with Gasteiger partial charge in [0.2, 0.25) is 5.13 Å². The molecule has 0 radical (unpaired) electrons. The molecule has 1 saturated heterocycles. The van der Waals surface area contributed by atoms with Crippen molar-refractivity contribution in [3.8, 4) is 0 Å². The van der Waals surface area contributed by atoms with Crippen molar-refractivity contribution in [2.45, 2.75) is 13.8 Å². The number of carbonyl (C=O) groups excluding carboxylic acids is 1. The van der Waals surface area contributed by atoms with Crippen molar-refractivity contribution in [2.75, 3.05) is 6.54 Å². The second-order valence-electron chi connectivity index (χ2n) is 4.41. The predicted molar refractivity (Wildman–Crippen MR) is 88.9 cm³/mol. The number of aryl methyl sites for hydroxylation is 1. The predicted octanol–water partition coefficient (Wildman–Crippen LogP) is 2.87. The van der Waals surface area contributed by atoms with Crippen LogP contribution in [0.2, 0.25) is 0 Å². The molecule has 22 heavy (non-hydrogen) atoms. The first-order valence-electron chi connectivity index (χ1n) is 6.68. The average Bonchev–Trinajstić information content (AvgIpc) is 3.05. The van der Waals surface area contributed by atoms with Crippen molar-refractivity contribution in [1.29, 1.82) is 0 Å². The number of amidine groups is 1. The summed E-state index contributed by atoms with van der Waals surface area (Å²) in [6.07, 6.45) is 3.48. The molecule has 1 aliphatic heterocycles. The molecule has 1 fully saturated rings. The van der Waals surface area contributed by atoms with Crippen LogP contribution < -0.4 is 0 Å². The fourth-order valence-electron chi connectivity index (χ4n) is 1.88. The van der Waals surface area contributed by atoms with E-state index in [9.17, 15) is 4.79 Å². The van der Waals surface area contributed by atoms with Crippen molar-refractivity contribution in [3.63, 3.8) is 0 Å². The van der Waals surface area contributed by atoms with Crippen molar-refractivity contribution >= 4 is 45.4 Å². The van der Waals surface area contributed by atoms with E-state index < -0.39 is 0 Å². The number of nitrogens with zero attached hydrogens (tertiary/aromatic N) is 5. The van der Waals surface area contributed by atoms with Crippen LogP contribution in [0.15, 0.2) is 34.3 Å².